The average molecular weight is 370 g/mol. The number of fused-ring (bicyclic) bond motifs is 1. The summed E-state index contributed by atoms with van der Waals surface area (Å²) in [6, 6.07) is 2.96. The molecule has 0 amide bonds. The topological polar surface area (TPSA) is 77.8 Å². The fourth-order valence-electron chi connectivity index (χ4n) is 5.22. The lowest BCUT2D eigenvalue weighted by Gasteiger charge is -2.54. The lowest BCUT2D eigenvalue weighted by Crippen LogP contribution is -2.46. The number of carboxylic acids is 1. The molecule has 0 aromatic heterocycles. The van der Waals surface area contributed by atoms with Gasteiger partial charge < -0.3 is 15.3 Å². The van der Waals surface area contributed by atoms with E-state index in [1.165, 1.54) is 17.2 Å². The molecule has 4 nitrogen and oxygen atoms in total. The molecule has 2 aliphatic rings. The molecule has 27 heavy (non-hydrogen) atoms. The average Bonchev–Trinajstić information content (AvgIpc) is 2.60. The van der Waals surface area contributed by atoms with Crippen LogP contribution in [-0.2, 0) is 17.6 Å². The molecule has 1 fully saturated rings. The van der Waals surface area contributed by atoms with E-state index in [4.69, 9.17) is 5.11 Å². The number of benzene rings is 1. The van der Waals surface area contributed by atoms with E-state index in [0.29, 0.717) is 29.7 Å². The van der Waals surface area contributed by atoms with Gasteiger partial charge in [-0.05, 0) is 73.5 Å². The normalized spacial score (nSPS) is 30.6. The number of carboxylic acid groups (broad SMARTS) is 1. The third-order valence-electron chi connectivity index (χ3n) is 7.18. The predicted molar refractivity (Wildman–Crippen MR) is 106 cm³/mol. The number of rotatable bonds is 4. The van der Waals surface area contributed by atoms with E-state index in [2.05, 4.69) is 33.4 Å². The number of phenols is 2. The molecule has 3 rings (SSSR count). The molecular formula is C23H30O4. The van der Waals surface area contributed by atoms with Gasteiger partial charge in [-0.1, -0.05) is 37.6 Å². The van der Waals surface area contributed by atoms with Crippen molar-refractivity contribution in [2.45, 2.75) is 52.9 Å². The molecule has 0 bridgehead atoms. The van der Waals surface area contributed by atoms with Gasteiger partial charge in [-0.2, -0.15) is 0 Å². The predicted octanol–water partition coefficient (Wildman–Crippen LogP) is 4.84. The Morgan fingerprint density at radius 2 is 1.85 bits per heavy atom. The van der Waals surface area contributed by atoms with Crippen molar-refractivity contribution in [2.24, 2.45) is 23.2 Å². The summed E-state index contributed by atoms with van der Waals surface area (Å²) in [6.07, 6.45) is 5.79. The van der Waals surface area contributed by atoms with E-state index in [1.807, 2.05) is 0 Å². The van der Waals surface area contributed by atoms with Gasteiger partial charge >= 0.3 is 5.97 Å². The highest BCUT2D eigenvalue weighted by molar-refractivity contribution is 5.71. The van der Waals surface area contributed by atoms with Crippen molar-refractivity contribution >= 4 is 5.97 Å². The van der Waals surface area contributed by atoms with Crippen molar-refractivity contribution in [1.82, 2.24) is 0 Å². The second kappa shape index (κ2) is 7.06. The van der Waals surface area contributed by atoms with Crippen molar-refractivity contribution in [3.8, 4) is 11.5 Å². The minimum Gasteiger partial charge on any atom is -0.508 e. The van der Waals surface area contributed by atoms with Crippen LogP contribution in [0.5, 0.6) is 11.5 Å². The van der Waals surface area contributed by atoms with Crippen LogP contribution in [0.4, 0.5) is 0 Å². The molecule has 0 spiro atoms. The summed E-state index contributed by atoms with van der Waals surface area (Å²) in [4.78, 5) is 11.0. The standard InChI is InChI=1S/C23H30O4/c1-13-7-8-23(16(4)14(2)5-6-19(23)15(13)3)12-18-10-20(24)17(9-21(18)25)11-22(26)27/h5,9-10,13,16,19,24-25H,3,6-8,11-12H2,1-2,4H3,(H,26,27)/t13-,16-,19?,23+/m1/s1. The van der Waals surface area contributed by atoms with Crippen molar-refractivity contribution in [2.75, 3.05) is 0 Å². The van der Waals surface area contributed by atoms with Crippen LogP contribution in [0.1, 0.15) is 51.2 Å². The van der Waals surface area contributed by atoms with Gasteiger partial charge in [0.15, 0.2) is 0 Å². The first kappa shape index (κ1) is 19.5. The quantitative estimate of drug-likeness (QED) is 0.523. The summed E-state index contributed by atoms with van der Waals surface area (Å²) in [5.41, 5.74) is 3.58. The van der Waals surface area contributed by atoms with Crippen LogP contribution in [-0.4, -0.2) is 21.3 Å². The third kappa shape index (κ3) is 3.38. The van der Waals surface area contributed by atoms with Crippen LogP contribution in [0, 0.1) is 23.2 Å². The number of allylic oxidation sites excluding steroid dienone is 3. The maximum absolute atomic E-state index is 11.0. The maximum atomic E-state index is 11.0. The highest BCUT2D eigenvalue weighted by Gasteiger charge is 2.49. The number of hydrogen-bond acceptors (Lipinski definition) is 3. The zero-order valence-electron chi connectivity index (χ0n) is 16.5. The Hall–Kier alpha value is -2.23. The summed E-state index contributed by atoms with van der Waals surface area (Å²) in [5, 5.41) is 29.8. The van der Waals surface area contributed by atoms with E-state index in [9.17, 15) is 15.0 Å². The van der Waals surface area contributed by atoms with Gasteiger partial charge in [0.1, 0.15) is 11.5 Å². The molecule has 2 aliphatic carbocycles. The smallest absolute Gasteiger partial charge is 0.307 e. The molecule has 146 valence electrons. The Kier molecular flexibility index (Phi) is 5.11. The van der Waals surface area contributed by atoms with Gasteiger partial charge in [-0.25, -0.2) is 0 Å². The van der Waals surface area contributed by atoms with Gasteiger partial charge in [-0.3, -0.25) is 4.79 Å². The fourth-order valence-corrected chi connectivity index (χ4v) is 5.22. The van der Waals surface area contributed by atoms with Gasteiger partial charge in [0, 0.05) is 5.56 Å². The monoisotopic (exact) mass is 370 g/mol. The molecule has 3 N–H and O–H groups in total. The highest BCUT2D eigenvalue weighted by atomic mass is 16.4. The Morgan fingerprint density at radius 3 is 2.52 bits per heavy atom. The van der Waals surface area contributed by atoms with Gasteiger partial charge in [-0.15, -0.1) is 0 Å². The molecule has 0 aliphatic heterocycles. The van der Waals surface area contributed by atoms with E-state index in [0.717, 1.165) is 19.3 Å². The number of aliphatic carboxylic acids is 1. The van der Waals surface area contributed by atoms with Crippen molar-refractivity contribution < 1.29 is 20.1 Å². The molecular weight excluding hydrogens is 340 g/mol. The van der Waals surface area contributed by atoms with Crippen molar-refractivity contribution in [3.63, 3.8) is 0 Å². The van der Waals surface area contributed by atoms with Crippen LogP contribution in [0.3, 0.4) is 0 Å². The van der Waals surface area contributed by atoms with Crippen molar-refractivity contribution in [3.05, 3.63) is 47.1 Å². The van der Waals surface area contributed by atoms with Gasteiger partial charge in [0.05, 0.1) is 6.42 Å². The highest BCUT2D eigenvalue weighted by Crippen LogP contribution is 2.58. The Labute approximate surface area is 161 Å². The molecule has 1 aromatic carbocycles. The van der Waals surface area contributed by atoms with Gasteiger partial charge in [0.25, 0.3) is 0 Å². The minimum absolute atomic E-state index is 0.0271. The molecule has 4 heteroatoms. The molecule has 0 radical (unpaired) electrons. The Balaban J connectivity index is 2.01. The zero-order chi connectivity index (χ0) is 19.9. The molecule has 4 atom stereocenters. The molecule has 1 saturated carbocycles. The summed E-state index contributed by atoms with van der Waals surface area (Å²) in [5.74, 6) is 0.205. The van der Waals surface area contributed by atoms with Crippen LogP contribution >= 0.6 is 0 Å². The van der Waals surface area contributed by atoms with Crippen molar-refractivity contribution in [1.29, 1.82) is 0 Å². The lowest BCUT2D eigenvalue weighted by atomic mass is 9.50. The lowest BCUT2D eigenvalue weighted by molar-refractivity contribution is -0.136. The number of carbonyl (C=O) groups is 1. The number of hydrogen-bond donors (Lipinski definition) is 3. The van der Waals surface area contributed by atoms with E-state index >= 15 is 0 Å². The van der Waals surface area contributed by atoms with E-state index in [1.54, 1.807) is 6.07 Å². The van der Waals surface area contributed by atoms with Crippen LogP contribution < -0.4 is 0 Å². The molecule has 0 saturated heterocycles. The first-order valence-electron chi connectivity index (χ1n) is 9.76. The minimum atomic E-state index is -1.03. The summed E-state index contributed by atoms with van der Waals surface area (Å²) >= 11 is 0. The maximum Gasteiger partial charge on any atom is 0.307 e. The summed E-state index contributed by atoms with van der Waals surface area (Å²) in [6.45, 7) is 11.1. The Morgan fingerprint density at radius 1 is 1.22 bits per heavy atom. The first-order valence-corrected chi connectivity index (χ1v) is 9.76. The molecule has 1 aromatic rings. The van der Waals surface area contributed by atoms with Crippen LogP contribution in [0.15, 0.2) is 35.9 Å². The largest absolute Gasteiger partial charge is 0.508 e. The summed E-state index contributed by atoms with van der Waals surface area (Å²) < 4.78 is 0. The third-order valence-corrected chi connectivity index (χ3v) is 7.18. The molecule has 1 unspecified atom stereocenters. The Bertz CT molecular complexity index is 807. The number of phenolic OH excluding ortho intramolecular Hbond substituents is 2. The summed E-state index contributed by atoms with van der Waals surface area (Å²) in [7, 11) is 0. The van der Waals surface area contributed by atoms with Crippen LogP contribution in [0.2, 0.25) is 0 Å². The second-order valence-electron chi connectivity index (χ2n) is 8.56. The molecule has 0 heterocycles. The van der Waals surface area contributed by atoms with E-state index in [-0.39, 0.29) is 28.9 Å². The number of aromatic hydroxyl groups is 2. The SMILES string of the molecule is C=C1C2CC=C(C)[C@@H](C)[C@@]2(Cc2cc(O)c(CC(=O)O)cc2O)CC[C@H]1C. The fraction of sp³-hybridized carbons (Fsp3) is 0.522. The van der Waals surface area contributed by atoms with E-state index < -0.39 is 5.97 Å². The zero-order valence-corrected chi connectivity index (χ0v) is 16.5. The van der Waals surface area contributed by atoms with Gasteiger partial charge in [0.2, 0.25) is 0 Å². The first-order chi connectivity index (χ1) is 12.7. The second-order valence-corrected chi connectivity index (χ2v) is 8.56. The van der Waals surface area contributed by atoms with Crippen LogP contribution in [0.25, 0.3) is 0 Å².